The molecule has 0 atom stereocenters. The molecular formula is C17H16F2N2O2S. The molecule has 4 nitrogen and oxygen atoms in total. The lowest BCUT2D eigenvalue weighted by Crippen LogP contribution is -2.19. The Kier molecular flexibility index (Phi) is 6.20. The van der Waals surface area contributed by atoms with E-state index in [1.807, 2.05) is 6.92 Å². The molecule has 0 radical (unpaired) electrons. The SMILES string of the molecule is CCCOC(=O)c1ccc(NC(=S)Nc2ccc(F)cc2F)cc1. The molecule has 0 spiro atoms. The van der Waals surface area contributed by atoms with Crippen molar-refractivity contribution in [2.24, 2.45) is 0 Å². The molecule has 0 aliphatic rings. The van der Waals surface area contributed by atoms with Gasteiger partial charge >= 0.3 is 5.97 Å². The quantitative estimate of drug-likeness (QED) is 0.620. The third-order valence-corrected chi connectivity index (χ3v) is 3.20. The average molecular weight is 350 g/mol. The maximum absolute atomic E-state index is 13.6. The zero-order valence-electron chi connectivity index (χ0n) is 12.9. The Morgan fingerprint density at radius 1 is 1.12 bits per heavy atom. The minimum atomic E-state index is -0.742. The Bertz CT molecular complexity index is 736. The van der Waals surface area contributed by atoms with Gasteiger partial charge in [0.05, 0.1) is 17.9 Å². The van der Waals surface area contributed by atoms with E-state index in [1.54, 1.807) is 24.3 Å². The number of hydrogen-bond acceptors (Lipinski definition) is 3. The average Bonchev–Trinajstić information content (AvgIpc) is 2.56. The van der Waals surface area contributed by atoms with Crippen LogP contribution in [0.3, 0.4) is 0 Å². The molecule has 0 heterocycles. The first-order valence-electron chi connectivity index (χ1n) is 7.30. The Balaban J connectivity index is 1.95. The van der Waals surface area contributed by atoms with Crippen LogP contribution in [-0.4, -0.2) is 17.7 Å². The molecule has 24 heavy (non-hydrogen) atoms. The molecule has 2 rings (SSSR count). The maximum Gasteiger partial charge on any atom is 0.338 e. The van der Waals surface area contributed by atoms with Gasteiger partial charge in [-0.05, 0) is 55.0 Å². The van der Waals surface area contributed by atoms with Crippen LogP contribution in [0, 0.1) is 11.6 Å². The molecule has 0 bridgehead atoms. The fourth-order valence-electron chi connectivity index (χ4n) is 1.84. The number of anilines is 2. The van der Waals surface area contributed by atoms with Crippen LogP contribution in [0.2, 0.25) is 0 Å². The molecular weight excluding hydrogens is 334 g/mol. The lowest BCUT2D eigenvalue weighted by Gasteiger charge is -2.11. The Hall–Kier alpha value is -2.54. The highest BCUT2D eigenvalue weighted by Crippen LogP contribution is 2.16. The fourth-order valence-corrected chi connectivity index (χ4v) is 2.07. The van der Waals surface area contributed by atoms with E-state index >= 15 is 0 Å². The second-order valence-electron chi connectivity index (χ2n) is 4.92. The summed E-state index contributed by atoms with van der Waals surface area (Å²) in [6.07, 6.45) is 0.755. The summed E-state index contributed by atoms with van der Waals surface area (Å²) in [5, 5.41) is 5.63. The number of rotatable bonds is 5. The van der Waals surface area contributed by atoms with Gasteiger partial charge in [0, 0.05) is 11.8 Å². The Morgan fingerprint density at radius 2 is 1.83 bits per heavy atom. The number of thiocarbonyl (C=S) groups is 1. The lowest BCUT2D eigenvalue weighted by molar-refractivity contribution is 0.0505. The number of halogens is 2. The van der Waals surface area contributed by atoms with E-state index in [2.05, 4.69) is 10.6 Å². The van der Waals surface area contributed by atoms with Gasteiger partial charge in [-0.15, -0.1) is 0 Å². The smallest absolute Gasteiger partial charge is 0.338 e. The van der Waals surface area contributed by atoms with Crippen molar-refractivity contribution in [3.63, 3.8) is 0 Å². The van der Waals surface area contributed by atoms with Gasteiger partial charge in [-0.2, -0.15) is 0 Å². The van der Waals surface area contributed by atoms with Gasteiger partial charge in [0.15, 0.2) is 5.11 Å². The van der Waals surface area contributed by atoms with Crippen molar-refractivity contribution >= 4 is 34.7 Å². The topological polar surface area (TPSA) is 50.4 Å². The molecule has 126 valence electrons. The van der Waals surface area contributed by atoms with Crippen LogP contribution >= 0.6 is 12.2 Å². The van der Waals surface area contributed by atoms with E-state index in [0.29, 0.717) is 17.9 Å². The normalized spacial score (nSPS) is 10.1. The number of nitrogens with one attached hydrogen (secondary N) is 2. The summed E-state index contributed by atoms with van der Waals surface area (Å²) in [5.41, 5.74) is 1.10. The minimum Gasteiger partial charge on any atom is -0.462 e. The van der Waals surface area contributed by atoms with Crippen molar-refractivity contribution in [1.82, 2.24) is 0 Å². The van der Waals surface area contributed by atoms with Gasteiger partial charge in [-0.3, -0.25) is 0 Å². The van der Waals surface area contributed by atoms with Gasteiger partial charge in [0.25, 0.3) is 0 Å². The van der Waals surface area contributed by atoms with Crippen molar-refractivity contribution in [2.45, 2.75) is 13.3 Å². The van der Waals surface area contributed by atoms with E-state index < -0.39 is 17.6 Å². The largest absolute Gasteiger partial charge is 0.462 e. The standard InChI is InChI=1S/C17H16F2N2O2S/c1-2-9-23-16(22)11-3-6-13(7-4-11)20-17(24)21-15-8-5-12(18)10-14(15)19/h3-8,10H,2,9H2,1H3,(H2,20,21,24). The zero-order valence-corrected chi connectivity index (χ0v) is 13.8. The van der Waals surface area contributed by atoms with Crippen molar-refractivity contribution < 1.29 is 18.3 Å². The summed E-state index contributed by atoms with van der Waals surface area (Å²) < 4.78 is 31.4. The molecule has 0 saturated carbocycles. The van der Waals surface area contributed by atoms with Crippen molar-refractivity contribution in [3.8, 4) is 0 Å². The van der Waals surface area contributed by atoms with Gasteiger partial charge in [0.1, 0.15) is 11.6 Å². The molecule has 0 aromatic heterocycles. The fraction of sp³-hybridized carbons (Fsp3) is 0.176. The summed E-state index contributed by atoms with van der Waals surface area (Å²) >= 11 is 5.08. The molecule has 0 amide bonds. The van der Waals surface area contributed by atoms with E-state index in [9.17, 15) is 13.6 Å². The van der Waals surface area contributed by atoms with Gasteiger partial charge < -0.3 is 15.4 Å². The highest BCUT2D eigenvalue weighted by molar-refractivity contribution is 7.80. The van der Waals surface area contributed by atoms with Crippen LogP contribution in [0.4, 0.5) is 20.2 Å². The number of ether oxygens (including phenoxy) is 1. The highest BCUT2D eigenvalue weighted by atomic mass is 32.1. The molecule has 7 heteroatoms. The highest BCUT2D eigenvalue weighted by Gasteiger charge is 2.08. The number of esters is 1. The minimum absolute atomic E-state index is 0.0636. The number of benzene rings is 2. The van der Waals surface area contributed by atoms with Crippen molar-refractivity contribution in [3.05, 3.63) is 59.7 Å². The molecule has 0 unspecified atom stereocenters. The predicted octanol–water partition coefficient (Wildman–Crippen LogP) is 4.34. The molecule has 2 N–H and O–H groups in total. The first-order valence-corrected chi connectivity index (χ1v) is 7.70. The van der Waals surface area contributed by atoms with Gasteiger partial charge in [-0.1, -0.05) is 6.92 Å². The molecule has 0 aliphatic heterocycles. The van der Waals surface area contributed by atoms with Gasteiger partial charge in [0.2, 0.25) is 0 Å². The molecule has 0 saturated heterocycles. The molecule has 2 aromatic rings. The maximum atomic E-state index is 13.6. The van der Waals surface area contributed by atoms with Crippen LogP contribution in [0.1, 0.15) is 23.7 Å². The van der Waals surface area contributed by atoms with E-state index in [-0.39, 0.29) is 10.8 Å². The third-order valence-electron chi connectivity index (χ3n) is 3.00. The summed E-state index contributed by atoms with van der Waals surface area (Å²) in [4.78, 5) is 11.7. The molecule has 0 aliphatic carbocycles. The van der Waals surface area contributed by atoms with Crippen molar-refractivity contribution in [2.75, 3.05) is 17.2 Å². The first kappa shape index (κ1) is 17.8. The van der Waals surface area contributed by atoms with Crippen molar-refractivity contribution in [1.29, 1.82) is 0 Å². The van der Waals surface area contributed by atoms with Crippen LogP contribution in [0.25, 0.3) is 0 Å². The van der Waals surface area contributed by atoms with Gasteiger partial charge in [-0.25, -0.2) is 13.6 Å². The van der Waals surface area contributed by atoms with Crippen LogP contribution in [0.5, 0.6) is 0 Å². The van der Waals surface area contributed by atoms with Crippen LogP contribution in [0.15, 0.2) is 42.5 Å². The summed E-state index contributed by atoms with van der Waals surface area (Å²) in [6, 6.07) is 9.65. The number of hydrogen-bond donors (Lipinski definition) is 2. The summed E-state index contributed by atoms with van der Waals surface area (Å²) in [5.74, 6) is -1.80. The van der Waals surface area contributed by atoms with E-state index in [4.69, 9.17) is 17.0 Å². The zero-order chi connectivity index (χ0) is 17.5. The van der Waals surface area contributed by atoms with Crippen LogP contribution in [-0.2, 0) is 4.74 Å². The van der Waals surface area contributed by atoms with Crippen LogP contribution < -0.4 is 10.6 Å². The second kappa shape index (κ2) is 8.35. The van der Waals surface area contributed by atoms with E-state index in [0.717, 1.165) is 18.6 Å². The Labute approximate surface area is 143 Å². The Morgan fingerprint density at radius 3 is 2.46 bits per heavy atom. The summed E-state index contributed by atoms with van der Waals surface area (Å²) in [6.45, 7) is 2.29. The number of carbonyl (C=O) groups is 1. The molecule has 0 fully saturated rings. The van der Waals surface area contributed by atoms with E-state index in [1.165, 1.54) is 6.07 Å². The second-order valence-corrected chi connectivity index (χ2v) is 5.32. The number of carbonyl (C=O) groups excluding carboxylic acids is 1. The predicted molar refractivity (Wildman–Crippen MR) is 93.2 cm³/mol. The summed E-state index contributed by atoms with van der Waals surface area (Å²) in [7, 11) is 0. The monoisotopic (exact) mass is 350 g/mol. The lowest BCUT2D eigenvalue weighted by atomic mass is 10.2. The third kappa shape index (κ3) is 4.99. The first-order chi connectivity index (χ1) is 11.5. The molecule has 2 aromatic carbocycles.